The second-order valence-electron chi connectivity index (χ2n) is 3.90. The number of hydrogen-bond donors (Lipinski definition) is 0. The number of nitrogens with zero attached hydrogens (tertiary/aromatic N) is 1. The number of methoxy groups -OCH3 is 2. The number of hydrogen-bond acceptors (Lipinski definition) is 4. The van der Waals surface area contributed by atoms with Crippen molar-refractivity contribution in [2.45, 2.75) is 32.1 Å². The highest BCUT2D eigenvalue weighted by molar-refractivity contribution is 5.70. The normalized spacial score (nSPS) is 11.9. The van der Waals surface area contributed by atoms with Crippen LogP contribution in [0.5, 0.6) is 5.88 Å². The van der Waals surface area contributed by atoms with E-state index in [-0.39, 0.29) is 11.9 Å². The molecule has 0 saturated heterocycles. The van der Waals surface area contributed by atoms with Gasteiger partial charge >= 0.3 is 5.97 Å². The smallest absolute Gasteiger partial charge is 0.306 e. The third kappa shape index (κ3) is 4.06. The van der Waals surface area contributed by atoms with Gasteiger partial charge in [0.2, 0.25) is 5.88 Å². The highest BCUT2D eigenvalue weighted by Gasteiger charge is 2.16. The van der Waals surface area contributed by atoms with Crippen molar-refractivity contribution >= 4 is 5.97 Å². The number of carbonyl (C=O) groups excluding carboxylic acids is 1. The first-order valence-corrected chi connectivity index (χ1v) is 5.78. The van der Waals surface area contributed by atoms with Crippen molar-refractivity contribution in [3.63, 3.8) is 0 Å². The third-order valence-corrected chi connectivity index (χ3v) is 2.72. The van der Waals surface area contributed by atoms with Crippen molar-refractivity contribution in [1.82, 2.24) is 4.98 Å². The number of rotatable bonds is 6. The quantitative estimate of drug-likeness (QED) is 0.713. The summed E-state index contributed by atoms with van der Waals surface area (Å²) in [6, 6.07) is 3.77. The van der Waals surface area contributed by atoms with Gasteiger partial charge in [0, 0.05) is 12.3 Å². The average Bonchev–Trinajstić information content (AvgIpc) is 2.38. The van der Waals surface area contributed by atoms with Crippen LogP contribution in [-0.4, -0.2) is 25.2 Å². The van der Waals surface area contributed by atoms with Gasteiger partial charge in [0.05, 0.1) is 20.6 Å². The molecule has 0 bridgehead atoms. The molecule has 1 rings (SSSR count). The van der Waals surface area contributed by atoms with Crippen molar-refractivity contribution in [1.29, 1.82) is 0 Å². The number of carbonyl (C=O) groups is 1. The molecule has 0 aliphatic rings. The van der Waals surface area contributed by atoms with Crippen LogP contribution in [0.1, 0.15) is 37.7 Å². The van der Waals surface area contributed by atoms with Crippen molar-refractivity contribution in [2.75, 3.05) is 14.2 Å². The van der Waals surface area contributed by atoms with E-state index in [4.69, 9.17) is 9.47 Å². The van der Waals surface area contributed by atoms with E-state index in [9.17, 15) is 4.79 Å². The Balaban J connectivity index is 2.77. The monoisotopic (exact) mass is 237 g/mol. The van der Waals surface area contributed by atoms with Gasteiger partial charge in [-0.3, -0.25) is 4.79 Å². The third-order valence-electron chi connectivity index (χ3n) is 2.72. The Morgan fingerprint density at radius 2 is 2.18 bits per heavy atom. The fraction of sp³-hybridized carbons (Fsp3) is 0.538. The Morgan fingerprint density at radius 3 is 2.65 bits per heavy atom. The van der Waals surface area contributed by atoms with Crippen molar-refractivity contribution in [2.24, 2.45) is 0 Å². The predicted octanol–water partition coefficient (Wildman–Crippen LogP) is 2.54. The molecule has 17 heavy (non-hydrogen) atoms. The van der Waals surface area contributed by atoms with E-state index < -0.39 is 0 Å². The van der Waals surface area contributed by atoms with Gasteiger partial charge in [-0.15, -0.1) is 0 Å². The topological polar surface area (TPSA) is 48.4 Å². The predicted molar refractivity (Wildman–Crippen MR) is 65.1 cm³/mol. The van der Waals surface area contributed by atoms with E-state index >= 15 is 0 Å². The molecule has 94 valence electrons. The zero-order chi connectivity index (χ0) is 12.7. The maximum atomic E-state index is 11.3. The molecule has 0 N–H and O–H groups in total. The minimum atomic E-state index is -0.181. The minimum absolute atomic E-state index is 0.172. The summed E-state index contributed by atoms with van der Waals surface area (Å²) in [7, 11) is 3.00. The molecule has 0 radical (unpaired) electrons. The van der Waals surface area contributed by atoms with Crippen LogP contribution in [0.3, 0.4) is 0 Å². The lowest BCUT2D eigenvalue weighted by molar-refractivity contribution is -0.141. The lowest BCUT2D eigenvalue weighted by atomic mass is 9.93. The summed E-state index contributed by atoms with van der Waals surface area (Å²) in [6.07, 6.45) is 4.14. The molecule has 4 heteroatoms. The van der Waals surface area contributed by atoms with Gasteiger partial charge in [0.1, 0.15) is 0 Å². The Morgan fingerprint density at radius 1 is 1.41 bits per heavy atom. The Bertz CT molecular complexity index is 348. The number of esters is 1. The first-order valence-electron chi connectivity index (χ1n) is 5.78. The molecule has 0 aliphatic carbocycles. The van der Waals surface area contributed by atoms with Crippen LogP contribution in [0.25, 0.3) is 0 Å². The maximum absolute atomic E-state index is 11.3. The van der Waals surface area contributed by atoms with E-state index in [1.54, 1.807) is 13.3 Å². The molecule has 4 nitrogen and oxygen atoms in total. The standard InChI is InChI=1S/C13H19NO3/c1-4-5-10(8-13(15)17-3)11-6-7-12(16-2)14-9-11/h6-7,9-10H,4-5,8H2,1-3H3. The van der Waals surface area contributed by atoms with Crippen LogP contribution in [0.2, 0.25) is 0 Å². The molecule has 1 unspecified atom stereocenters. The lowest BCUT2D eigenvalue weighted by Gasteiger charge is -2.15. The fourth-order valence-corrected chi connectivity index (χ4v) is 1.77. The highest BCUT2D eigenvalue weighted by Crippen LogP contribution is 2.25. The van der Waals surface area contributed by atoms with Crippen LogP contribution >= 0.6 is 0 Å². The minimum Gasteiger partial charge on any atom is -0.481 e. The van der Waals surface area contributed by atoms with Gasteiger partial charge in [-0.25, -0.2) is 4.98 Å². The number of ether oxygens (including phenoxy) is 2. The van der Waals surface area contributed by atoms with Crippen LogP contribution in [0, 0.1) is 0 Å². The first-order chi connectivity index (χ1) is 8.21. The van der Waals surface area contributed by atoms with E-state index in [2.05, 4.69) is 11.9 Å². The lowest BCUT2D eigenvalue weighted by Crippen LogP contribution is -2.09. The molecule has 0 aliphatic heterocycles. The molecule has 0 amide bonds. The molecular formula is C13H19NO3. The molecule has 0 fully saturated rings. The summed E-state index contributed by atoms with van der Waals surface area (Å²) >= 11 is 0. The fourth-order valence-electron chi connectivity index (χ4n) is 1.77. The number of aromatic nitrogens is 1. The largest absolute Gasteiger partial charge is 0.481 e. The molecule has 1 heterocycles. The van der Waals surface area contributed by atoms with E-state index in [0.29, 0.717) is 12.3 Å². The summed E-state index contributed by atoms with van der Waals surface area (Å²) in [5, 5.41) is 0. The summed E-state index contributed by atoms with van der Waals surface area (Å²) in [4.78, 5) is 15.5. The van der Waals surface area contributed by atoms with E-state index in [1.807, 2.05) is 12.1 Å². The van der Waals surface area contributed by atoms with Crippen LogP contribution in [-0.2, 0) is 9.53 Å². The summed E-state index contributed by atoms with van der Waals surface area (Å²) in [6.45, 7) is 2.10. The van der Waals surface area contributed by atoms with Gasteiger partial charge in [0.25, 0.3) is 0 Å². The summed E-state index contributed by atoms with van der Waals surface area (Å²) < 4.78 is 9.72. The highest BCUT2D eigenvalue weighted by atomic mass is 16.5. The van der Waals surface area contributed by atoms with Crippen molar-refractivity contribution in [3.05, 3.63) is 23.9 Å². The zero-order valence-electron chi connectivity index (χ0n) is 10.6. The van der Waals surface area contributed by atoms with Gasteiger partial charge in [-0.05, 0) is 17.9 Å². The SMILES string of the molecule is CCCC(CC(=O)OC)c1ccc(OC)nc1. The second-order valence-corrected chi connectivity index (χ2v) is 3.90. The molecule has 0 aromatic carbocycles. The summed E-state index contributed by atoms with van der Waals surface area (Å²) in [5.41, 5.74) is 1.05. The Kier molecular flexibility index (Phi) is 5.46. The van der Waals surface area contributed by atoms with Crippen LogP contribution in [0.15, 0.2) is 18.3 Å². The van der Waals surface area contributed by atoms with Crippen molar-refractivity contribution < 1.29 is 14.3 Å². The Hall–Kier alpha value is -1.58. The first kappa shape index (κ1) is 13.5. The maximum Gasteiger partial charge on any atom is 0.306 e. The molecule has 1 aromatic rings. The summed E-state index contributed by atoms with van der Waals surface area (Å²) in [5.74, 6) is 0.576. The van der Waals surface area contributed by atoms with Gasteiger partial charge in [-0.2, -0.15) is 0 Å². The van der Waals surface area contributed by atoms with E-state index in [1.165, 1.54) is 7.11 Å². The average molecular weight is 237 g/mol. The molecule has 0 spiro atoms. The van der Waals surface area contributed by atoms with Gasteiger partial charge in [0.15, 0.2) is 0 Å². The molecule has 1 aromatic heterocycles. The van der Waals surface area contributed by atoms with Gasteiger partial charge < -0.3 is 9.47 Å². The number of pyridine rings is 1. The second kappa shape index (κ2) is 6.89. The molecule has 0 saturated carbocycles. The molecular weight excluding hydrogens is 218 g/mol. The Labute approximate surface area is 102 Å². The van der Waals surface area contributed by atoms with Crippen LogP contribution < -0.4 is 4.74 Å². The zero-order valence-corrected chi connectivity index (χ0v) is 10.6. The van der Waals surface area contributed by atoms with Crippen LogP contribution in [0.4, 0.5) is 0 Å². The van der Waals surface area contributed by atoms with Crippen molar-refractivity contribution in [3.8, 4) is 5.88 Å². The van der Waals surface area contributed by atoms with Gasteiger partial charge in [-0.1, -0.05) is 19.4 Å². The van der Waals surface area contributed by atoms with E-state index in [0.717, 1.165) is 18.4 Å². The molecule has 1 atom stereocenters.